The first-order valence-corrected chi connectivity index (χ1v) is 5.38. The van der Waals surface area contributed by atoms with Crippen LogP contribution in [0.1, 0.15) is 34.1 Å². The highest BCUT2D eigenvalue weighted by molar-refractivity contribution is 4.75. The SMILES string of the molecule is CCOCCNC(C)CC(C)(C)OC. The van der Waals surface area contributed by atoms with Crippen LogP contribution in [0.3, 0.4) is 0 Å². The third-order valence-corrected chi connectivity index (χ3v) is 2.29. The lowest BCUT2D eigenvalue weighted by atomic mass is 10.00. The second-order valence-electron chi connectivity index (χ2n) is 4.22. The predicted molar refractivity (Wildman–Crippen MR) is 59.7 cm³/mol. The zero-order valence-corrected chi connectivity index (χ0v) is 10.2. The molecule has 0 aliphatic carbocycles. The van der Waals surface area contributed by atoms with E-state index >= 15 is 0 Å². The van der Waals surface area contributed by atoms with Crippen molar-refractivity contribution >= 4 is 0 Å². The molecule has 14 heavy (non-hydrogen) atoms. The van der Waals surface area contributed by atoms with Crippen molar-refractivity contribution in [2.75, 3.05) is 26.9 Å². The fourth-order valence-electron chi connectivity index (χ4n) is 1.41. The van der Waals surface area contributed by atoms with Crippen molar-refractivity contribution < 1.29 is 9.47 Å². The third-order valence-electron chi connectivity index (χ3n) is 2.29. The van der Waals surface area contributed by atoms with Crippen LogP contribution >= 0.6 is 0 Å². The molecule has 0 radical (unpaired) electrons. The third kappa shape index (κ3) is 7.30. The van der Waals surface area contributed by atoms with Crippen LogP contribution < -0.4 is 5.32 Å². The molecule has 0 spiro atoms. The minimum atomic E-state index is -0.0436. The summed E-state index contributed by atoms with van der Waals surface area (Å²) in [5.74, 6) is 0. The maximum Gasteiger partial charge on any atom is 0.0637 e. The van der Waals surface area contributed by atoms with E-state index in [1.807, 2.05) is 6.92 Å². The summed E-state index contributed by atoms with van der Waals surface area (Å²) in [7, 11) is 1.76. The van der Waals surface area contributed by atoms with Crippen LogP contribution in [-0.2, 0) is 9.47 Å². The van der Waals surface area contributed by atoms with Gasteiger partial charge in [-0.25, -0.2) is 0 Å². The van der Waals surface area contributed by atoms with Gasteiger partial charge in [-0.15, -0.1) is 0 Å². The van der Waals surface area contributed by atoms with Gasteiger partial charge < -0.3 is 14.8 Å². The molecule has 0 amide bonds. The Morgan fingerprint density at radius 1 is 1.36 bits per heavy atom. The van der Waals surface area contributed by atoms with Gasteiger partial charge in [0.15, 0.2) is 0 Å². The molecule has 0 aromatic carbocycles. The molecule has 1 unspecified atom stereocenters. The normalized spacial score (nSPS) is 14.4. The Bertz CT molecular complexity index is 137. The van der Waals surface area contributed by atoms with Crippen molar-refractivity contribution in [1.29, 1.82) is 0 Å². The van der Waals surface area contributed by atoms with Crippen molar-refractivity contribution in [3.8, 4) is 0 Å². The molecule has 0 saturated carbocycles. The van der Waals surface area contributed by atoms with Gasteiger partial charge >= 0.3 is 0 Å². The van der Waals surface area contributed by atoms with Crippen molar-refractivity contribution in [1.82, 2.24) is 5.32 Å². The van der Waals surface area contributed by atoms with Crippen LogP contribution in [0.5, 0.6) is 0 Å². The van der Waals surface area contributed by atoms with E-state index in [9.17, 15) is 0 Å². The van der Waals surface area contributed by atoms with Gasteiger partial charge in [0.05, 0.1) is 12.2 Å². The molecule has 86 valence electrons. The summed E-state index contributed by atoms with van der Waals surface area (Å²) in [6, 6.07) is 0.463. The summed E-state index contributed by atoms with van der Waals surface area (Å²) in [6.45, 7) is 10.9. The molecular formula is C11H25NO2. The van der Waals surface area contributed by atoms with Gasteiger partial charge in [-0.1, -0.05) is 0 Å². The Hall–Kier alpha value is -0.120. The van der Waals surface area contributed by atoms with E-state index in [1.165, 1.54) is 0 Å². The topological polar surface area (TPSA) is 30.5 Å². The zero-order chi connectivity index (χ0) is 11.0. The quantitative estimate of drug-likeness (QED) is 0.610. The van der Waals surface area contributed by atoms with Gasteiger partial charge in [0.1, 0.15) is 0 Å². The van der Waals surface area contributed by atoms with Gasteiger partial charge in [0, 0.05) is 26.3 Å². The molecule has 0 aromatic rings. The number of methoxy groups -OCH3 is 1. The van der Waals surface area contributed by atoms with E-state index in [4.69, 9.17) is 9.47 Å². The molecule has 3 nitrogen and oxygen atoms in total. The first-order valence-electron chi connectivity index (χ1n) is 5.38. The maximum atomic E-state index is 5.36. The smallest absolute Gasteiger partial charge is 0.0637 e. The number of nitrogens with one attached hydrogen (secondary N) is 1. The van der Waals surface area contributed by atoms with Crippen molar-refractivity contribution in [3.05, 3.63) is 0 Å². The minimum Gasteiger partial charge on any atom is -0.380 e. The summed E-state index contributed by atoms with van der Waals surface area (Å²) in [6.07, 6.45) is 1.01. The van der Waals surface area contributed by atoms with E-state index < -0.39 is 0 Å². The van der Waals surface area contributed by atoms with Crippen LogP contribution in [0.25, 0.3) is 0 Å². The summed E-state index contributed by atoms with van der Waals surface area (Å²) in [4.78, 5) is 0. The Morgan fingerprint density at radius 3 is 2.50 bits per heavy atom. The number of rotatable bonds is 8. The van der Waals surface area contributed by atoms with E-state index in [1.54, 1.807) is 7.11 Å². The maximum absolute atomic E-state index is 5.36. The van der Waals surface area contributed by atoms with Crippen LogP contribution in [0.15, 0.2) is 0 Å². The van der Waals surface area contributed by atoms with E-state index in [-0.39, 0.29) is 5.60 Å². The second-order valence-corrected chi connectivity index (χ2v) is 4.22. The Kier molecular flexibility index (Phi) is 7.15. The summed E-state index contributed by atoms with van der Waals surface area (Å²) in [5, 5.41) is 3.40. The molecule has 1 N–H and O–H groups in total. The van der Waals surface area contributed by atoms with Gasteiger partial charge in [0.2, 0.25) is 0 Å². The van der Waals surface area contributed by atoms with Gasteiger partial charge in [-0.05, 0) is 34.1 Å². The molecule has 0 fully saturated rings. The first kappa shape index (κ1) is 13.9. The van der Waals surface area contributed by atoms with Crippen LogP contribution in [0.2, 0.25) is 0 Å². The molecule has 0 aliphatic rings. The van der Waals surface area contributed by atoms with Crippen molar-refractivity contribution in [3.63, 3.8) is 0 Å². The highest BCUT2D eigenvalue weighted by Gasteiger charge is 2.19. The summed E-state index contributed by atoms with van der Waals surface area (Å²) >= 11 is 0. The second kappa shape index (κ2) is 7.21. The molecule has 0 rings (SSSR count). The molecule has 0 saturated heterocycles. The molecule has 0 bridgehead atoms. The highest BCUT2D eigenvalue weighted by Crippen LogP contribution is 2.14. The number of ether oxygens (including phenoxy) is 2. The summed E-state index contributed by atoms with van der Waals surface area (Å²) < 4.78 is 10.6. The molecule has 0 heterocycles. The number of hydrogen-bond donors (Lipinski definition) is 1. The minimum absolute atomic E-state index is 0.0436. The molecule has 0 aromatic heterocycles. The number of hydrogen-bond acceptors (Lipinski definition) is 3. The zero-order valence-electron chi connectivity index (χ0n) is 10.2. The fourth-order valence-corrected chi connectivity index (χ4v) is 1.41. The molecular weight excluding hydrogens is 178 g/mol. The first-order chi connectivity index (χ1) is 6.52. The van der Waals surface area contributed by atoms with E-state index in [0.717, 1.165) is 26.2 Å². The Labute approximate surface area is 88.2 Å². The lowest BCUT2D eigenvalue weighted by Crippen LogP contribution is -2.37. The average molecular weight is 203 g/mol. The monoisotopic (exact) mass is 203 g/mol. The highest BCUT2D eigenvalue weighted by atomic mass is 16.5. The van der Waals surface area contributed by atoms with Gasteiger partial charge in [0.25, 0.3) is 0 Å². The van der Waals surface area contributed by atoms with Crippen molar-refractivity contribution in [2.24, 2.45) is 0 Å². The predicted octanol–water partition coefficient (Wildman–Crippen LogP) is 1.82. The Balaban J connectivity index is 3.49. The lowest BCUT2D eigenvalue weighted by molar-refractivity contribution is 0.00796. The molecule has 3 heteroatoms. The van der Waals surface area contributed by atoms with Crippen molar-refractivity contribution in [2.45, 2.75) is 45.8 Å². The average Bonchev–Trinajstić information content (AvgIpc) is 2.12. The standard InChI is InChI=1S/C11H25NO2/c1-6-14-8-7-12-10(2)9-11(3,4)13-5/h10,12H,6-9H2,1-5H3. The molecule has 0 aliphatic heterocycles. The molecule has 1 atom stereocenters. The van der Waals surface area contributed by atoms with Gasteiger partial charge in [-0.3, -0.25) is 0 Å². The van der Waals surface area contributed by atoms with Crippen LogP contribution in [0.4, 0.5) is 0 Å². The van der Waals surface area contributed by atoms with Gasteiger partial charge in [-0.2, -0.15) is 0 Å². The Morgan fingerprint density at radius 2 is 2.00 bits per heavy atom. The van der Waals surface area contributed by atoms with E-state index in [0.29, 0.717) is 6.04 Å². The lowest BCUT2D eigenvalue weighted by Gasteiger charge is -2.27. The van der Waals surface area contributed by atoms with E-state index in [2.05, 4.69) is 26.1 Å². The summed E-state index contributed by atoms with van der Waals surface area (Å²) in [5.41, 5.74) is -0.0436. The van der Waals surface area contributed by atoms with Crippen LogP contribution in [0, 0.1) is 0 Å². The van der Waals surface area contributed by atoms with Crippen LogP contribution in [-0.4, -0.2) is 38.5 Å². The largest absolute Gasteiger partial charge is 0.380 e. The fraction of sp³-hybridized carbons (Fsp3) is 1.00.